The van der Waals surface area contributed by atoms with Gasteiger partial charge in [-0.15, -0.1) is 0 Å². The third-order valence-corrected chi connectivity index (χ3v) is 3.64. The van der Waals surface area contributed by atoms with Crippen molar-refractivity contribution in [1.82, 2.24) is 4.90 Å². The van der Waals surface area contributed by atoms with Gasteiger partial charge in [0.15, 0.2) is 0 Å². The predicted molar refractivity (Wildman–Crippen MR) is 93.9 cm³/mol. The average molecular weight is 310 g/mol. The minimum absolute atomic E-state index is 0.0562. The second-order valence-electron chi connectivity index (χ2n) is 5.06. The van der Waals surface area contributed by atoms with Crippen LogP contribution in [-0.4, -0.2) is 37.2 Å². The van der Waals surface area contributed by atoms with Crippen LogP contribution in [0, 0.1) is 0 Å². The number of nitrogens with zero attached hydrogens (tertiary/aromatic N) is 2. The molecule has 0 aliphatic carbocycles. The Kier molecular flexibility index (Phi) is 5.92. The zero-order chi connectivity index (χ0) is 16.7. The third kappa shape index (κ3) is 4.42. The molecule has 0 aliphatic rings. The highest BCUT2D eigenvalue weighted by molar-refractivity contribution is 5.94. The highest BCUT2D eigenvalue weighted by atomic mass is 16.5. The van der Waals surface area contributed by atoms with E-state index >= 15 is 0 Å². The van der Waals surface area contributed by atoms with Gasteiger partial charge < -0.3 is 9.64 Å². The van der Waals surface area contributed by atoms with E-state index in [0.717, 1.165) is 17.0 Å². The molecular weight excluding hydrogens is 288 g/mol. The van der Waals surface area contributed by atoms with Gasteiger partial charge in [0, 0.05) is 24.9 Å². The van der Waals surface area contributed by atoms with E-state index in [9.17, 15) is 4.79 Å². The molecule has 4 heteroatoms. The van der Waals surface area contributed by atoms with Crippen LogP contribution in [0.15, 0.2) is 53.5 Å². The number of hydrogen-bond acceptors (Lipinski definition) is 3. The molecule has 0 saturated heterocycles. The van der Waals surface area contributed by atoms with Crippen LogP contribution < -0.4 is 4.74 Å². The van der Waals surface area contributed by atoms with Crippen molar-refractivity contribution in [2.75, 3.05) is 20.2 Å². The van der Waals surface area contributed by atoms with Crippen LogP contribution in [0.2, 0.25) is 0 Å². The molecule has 2 aromatic rings. The zero-order valence-corrected chi connectivity index (χ0v) is 13.8. The lowest BCUT2D eigenvalue weighted by molar-refractivity contribution is 0.0773. The molecule has 0 aromatic heterocycles. The number of amides is 1. The van der Waals surface area contributed by atoms with Crippen molar-refractivity contribution in [2.24, 2.45) is 4.99 Å². The summed E-state index contributed by atoms with van der Waals surface area (Å²) in [5.74, 6) is 0.877. The number of methoxy groups -OCH3 is 1. The lowest BCUT2D eigenvalue weighted by Crippen LogP contribution is -2.30. The zero-order valence-electron chi connectivity index (χ0n) is 13.8. The van der Waals surface area contributed by atoms with Crippen LogP contribution >= 0.6 is 0 Å². The summed E-state index contributed by atoms with van der Waals surface area (Å²) in [5, 5.41) is 0. The Balaban J connectivity index is 2.07. The summed E-state index contributed by atoms with van der Waals surface area (Å²) in [4.78, 5) is 18.5. The van der Waals surface area contributed by atoms with E-state index in [0.29, 0.717) is 18.7 Å². The van der Waals surface area contributed by atoms with E-state index in [1.165, 1.54) is 0 Å². The lowest BCUT2D eigenvalue weighted by Gasteiger charge is -2.18. The highest BCUT2D eigenvalue weighted by Gasteiger charge is 2.11. The number of carbonyl (C=O) groups is 1. The van der Waals surface area contributed by atoms with E-state index in [4.69, 9.17) is 4.74 Å². The first-order valence-electron chi connectivity index (χ1n) is 7.75. The first kappa shape index (κ1) is 16.7. The first-order chi connectivity index (χ1) is 11.2. The Labute approximate surface area is 137 Å². The minimum Gasteiger partial charge on any atom is -0.497 e. The average Bonchev–Trinajstić information content (AvgIpc) is 2.61. The van der Waals surface area contributed by atoms with Crippen molar-refractivity contribution in [1.29, 1.82) is 0 Å². The fourth-order valence-electron chi connectivity index (χ4n) is 2.22. The van der Waals surface area contributed by atoms with Crippen molar-refractivity contribution in [3.63, 3.8) is 0 Å². The predicted octanol–water partition coefficient (Wildman–Crippen LogP) is 3.93. The van der Waals surface area contributed by atoms with Gasteiger partial charge in [0.05, 0.1) is 12.8 Å². The molecule has 4 nitrogen and oxygen atoms in total. The largest absolute Gasteiger partial charge is 0.497 e. The van der Waals surface area contributed by atoms with Crippen LogP contribution in [0.1, 0.15) is 29.8 Å². The van der Waals surface area contributed by atoms with Gasteiger partial charge in [0.25, 0.3) is 5.91 Å². The van der Waals surface area contributed by atoms with Crippen molar-refractivity contribution in [3.05, 3.63) is 59.7 Å². The van der Waals surface area contributed by atoms with Crippen LogP contribution in [0.25, 0.3) is 0 Å². The van der Waals surface area contributed by atoms with Crippen LogP contribution in [0.4, 0.5) is 5.69 Å². The maximum absolute atomic E-state index is 12.2. The molecule has 0 atom stereocenters. The lowest BCUT2D eigenvalue weighted by atomic mass is 10.2. The Morgan fingerprint density at radius 2 is 1.65 bits per heavy atom. The molecule has 0 spiro atoms. The van der Waals surface area contributed by atoms with E-state index < -0.39 is 0 Å². The van der Waals surface area contributed by atoms with E-state index in [-0.39, 0.29) is 5.91 Å². The molecule has 2 rings (SSSR count). The third-order valence-electron chi connectivity index (χ3n) is 3.64. The molecule has 23 heavy (non-hydrogen) atoms. The molecule has 0 heterocycles. The summed E-state index contributed by atoms with van der Waals surface area (Å²) in [6.07, 6.45) is 1.79. The minimum atomic E-state index is 0.0562. The molecule has 1 amide bonds. The molecule has 0 N–H and O–H groups in total. The number of benzene rings is 2. The Bertz CT molecular complexity index is 657. The number of ether oxygens (including phenoxy) is 1. The summed E-state index contributed by atoms with van der Waals surface area (Å²) < 4.78 is 5.12. The molecule has 120 valence electrons. The Morgan fingerprint density at radius 3 is 2.17 bits per heavy atom. The second kappa shape index (κ2) is 8.13. The number of carbonyl (C=O) groups excluding carboxylic acids is 1. The molecule has 2 aromatic carbocycles. The standard InChI is InChI=1S/C19H22N2O2/c1-4-21(5-2)19(22)16-8-10-17(11-9-16)20-14-15-6-12-18(23-3)13-7-15/h6-14H,4-5H2,1-3H3. The van der Waals surface area contributed by atoms with Gasteiger partial charge >= 0.3 is 0 Å². The van der Waals surface area contributed by atoms with E-state index in [1.807, 2.05) is 62.4 Å². The SMILES string of the molecule is CCN(CC)C(=O)c1ccc(N=Cc2ccc(OC)cc2)cc1. The Morgan fingerprint density at radius 1 is 1.04 bits per heavy atom. The smallest absolute Gasteiger partial charge is 0.253 e. The number of rotatable bonds is 6. The number of aliphatic imine (C=N–C) groups is 1. The van der Waals surface area contributed by atoms with Crippen LogP contribution in [-0.2, 0) is 0 Å². The number of hydrogen-bond donors (Lipinski definition) is 0. The molecule has 0 fully saturated rings. The summed E-state index contributed by atoms with van der Waals surface area (Å²) in [6, 6.07) is 15.0. The summed E-state index contributed by atoms with van der Waals surface area (Å²) in [7, 11) is 1.64. The van der Waals surface area contributed by atoms with Gasteiger partial charge in [-0.3, -0.25) is 9.79 Å². The van der Waals surface area contributed by atoms with Crippen LogP contribution in [0.5, 0.6) is 5.75 Å². The van der Waals surface area contributed by atoms with Gasteiger partial charge in [-0.05, 0) is 67.9 Å². The molecular formula is C19H22N2O2. The van der Waals surface area contributed by atoms with Crippen LogP contribution in [0.3, 0.4) is 0 Å². The fourth-order valence-corrected chi connectivity index (χ4v) is 2.22. The van der Waals surface area contributed by atoms with E-state index in [1.54, 1.807) is 18.2 Å². The normalized spacial score (nSPS) is 10.7. The monoisotopic (exact) mass is 310 g/mol. The van der Waals surface area contributed by atoms with Crippen molar-refractivity contribution in [2.45, 2.75) is 13.8 Å². The maximum Gasteiger partial charge on any atom is 0.253 e. The van der Waals surface area contributed by atoms with E-state index in [2.05, 4.69) is 4.99 Å². The molecule has 0 aliphatic heterocycles. The van der Waals surface area contributed by atoms with Gasteiger partial charge in [-0.1, -0.05) is 0 Å². The van der Waals surface area contributed by atoms with Gasteiger partial charge in [0.1, 0.15) is 5.75 Å². The molecule has 0 unspecified atom stereocenters. The second-order valence-corrected chi connectivity index (χ2v) is 5.06. The maximum atomic E-state index is 12.2. The van der Waals surface area contributed by atoms with Crippen molar-refractivity contribution in [3.8, 4) is 5.75 Å². The summed E-state index contributed by atoms with van der Waals surface area (Å²) in [6.45, 7) is 5.39. The topological polar surface area (TPSA) is 41.9 Å². The molecule has 0 radical (unpaired) electrons. The molecule has 0 bridgehead atoms. The quantitative estimate of drug-likeness (QED) is 0.759. The fraction of sp³-hybridized carbons (Fsp3) is 0.263. The summed E-state index contributed by atoms with van der Waals surface area (Å²) in [5.41, 5.74) is 2.50. The Hall–Kier alpha value is -2.62. The van der Waals surface area contributed by atoms with Gasteiger partial charge in [0.2, 0.25) is 0 Å². The van der Waals surface area contributed by atoms with Crippen molar-refractivity contribution >= 4 is 17.8 Å². The molecule has 0 saturated carbocycles. The van der Waals surface area contributed by atoms with Crippen molar-refractivity contribution < 1.29 is 9.53 Å². The highest BCUT2D eigenvalue weighted by Crippen LogP contribution is 2.15. The van der Waals surface area contributed by atoms with Gasteiger partial charge in [-0.25, -0.2) is 0 Å². The summed E-state index contributed by atoms with van der Waals surface area (Å²) >= 11 is 0. The first-order valence-corrected chi connectivity index (χ1v) is 7.75. The van der Waals surface area contributed by atoms with Gasteiger partial charge in [-0.2, -0.15) is 0 Å².